The molecule has 0 saturated heterocycles. The van der Waals surface area contributed by atoms with E-state index in [1.165, 1.54) is 0 Å². The highest BCUT2D eigenvalue weighted by Crippen LogP contribution is 2.38. The van der Waals surface area contributed by atoms with Crippen LogP contribution in [0, 0.1) is 0 Å². The van der Waals surface area contributed by atoms with Gasteiger partial charge in [-0.1, -0.05) is 23.4 Å². The van der Waals surface area contributed by atoms with Crippen LogP contribution < -0.4 is 10.6 Å². The van der Waals surface area contributed by atoms with Crippen molar-refractivity contribution in [3.8, 4) is 0 Å². The third-order valence-corrected chi connectivity index (χ3v) is 4.62. The first-order chi connectivity index (χ1) is 10.7. The molecule has 1 unspecified atom stereocenters. The predicted molar refractivity (Wildman–Crippen MR) is 101 cm³/mol. The summed E-state index contributed by atoms with van der Waals surface area (Å²) < 4.78 is 2.00. The molecule has 2 N–H and O–H groups in total. The summed E-state index contributed by atoms with van der Waals surface area (Å²) in [5, 5.41) is 2.76. The minimum Gasteiger partial charge on any atom is -0.314 e. The molecule has 23 heavy (non-hydrogen) atoms. The zero-order chi connectivity index (χ0) is 15.1. The molecule has 0 aliphatic carbocycles. The molecule has 4 rings (SSSR count). The molecule has 0 amide bonds. The van der Waals surface area contributed by atoms with Crippen molar-refractivity contribution in [2.24, 2.45) is 5.73 Å². The first-order valence-electron chi connectivity index (χ1n) is 6.67. The van der Waals surface area contributed by atoms with Crippen LogP contribution in [0.3, 0.4) is 0 Å². The van der Waals surface area contributed by atoms with Crippen molar-refractivity contribution < 1.29 is 0 Å². The molecule has 8 heteroatoms. The number of thioether (sulfide) groups is 1. The van der Waals surface area contributed by atoms with Crippen LogP contribution in [0.25, 0.3) is 11.3 Å². The molecule has 1 aliphatic heterocycles. The Labute approximate surface area is 152 Å². The largest absolute Gasteiger partial charge is 0.314 e. The molecule has 0 bridgehead atoms. The number of imidazole rings is 1. The van der Waals surface area contributed by atoms with Gasteiger partial charge < -0.3 is 10.6 Å². The molecule has 2 aromatic heterocycles. The molecule has 1 aliphatic rings. The van der Waals surface area contributed by atoms with E-state index in [2.05, 4.69) is 20.3 Å². The maximum Gasteiger partial charge on any atom is 0.155 e. The molecular formula is C15H13BrClN5S. The summed E-state index contributed by atoms with van der Waals surface area (Å²) in [4.78, 5) is 10.6. The van der Waals surface area contributed by atoms with E-state index in [0.717, 1.165) is 22.7 Å². The van der Waals surface area contributed by atoms with Gasteiger partial charge in [-0.25, -0.2) is 4.98 Å². The zero-order valence-corrected chi connectivity index (χ0v) is 15.1. The molecule has 0 spiro atoms. The Bertz CT molecular complexity index is 864. The summed E-state index contributed by atoms with van der Waals surface area (Å²) in [5.41, 5.74) is 9.87. The molecule has 3 aromatic rings. The van der Waals surface area contributed by atoms with E-state index in [4.69, 9.17) is 17.3 Å². The average Bonchev–Trinajstić information content (AvgIpc) is 3.12. The van der Waals surface area contributed by atoms with Crippen molar-refractivity contribution in [2.75, 3.05) is 4.90 Å². The average molecular weight is 411 g/mol. The van der Waals surface area contributed by atoms with E-state index in [0.29, 0.717) is 5.02 Å². The molecule has 118 valence electrons. The van der Waals surface area contributed by atoms with E-state index < -0.39 is 0 Å². The van der Waals surface area contributed by atoms with Crippen LogP contribution in [0.5, 0.6) is 0 Å². The van der Waals surface area contributed by atoms with Crippen molar-refractivity contribution in [3.05, 3.63) is 65.2 Å². The van der Waals surface area contributed by atoms with Crippen LogP contribution in [0.2, 0.25) is 5.02 Å². The second kappa shape index (κ2) is 6.52. The number of halogens is 2. The summed E-state index contributed by atoms with van der Waals surface area (Å²) in [5.74, 6) is 0. The minimum absolute atomic E-state index is 0. The Balaban J connectivity index is 0.00000156. The molecule has 1 atom stereocenters. The Morgan fingerprint density at radius 1 is 1.17 bits per heavy atom. The smallest absolute Gasteiger partial charge is 0.155 e. The maximum atomic E-state index is 6.25. The van der Waals surface area contributed by atoms with Crippen molar-refractivity contribution in [1.29, 1.82) is 0 Å². The number of rotatable bonds is 2. The van der Waals surface area contributed by atoms with Crippen LogP contribution in [-0.4, -0.2) is 19.9 Å². The highest BCUT2D eigenvalue weighted by atomic mass is 79.9. The fourth-order valence-corrected chi connectivity index (χ4v) is 3.48. The first kappa shape index (κ1) is 16.3. The normalized spacial score (nSPS) is 17.2. The Morgan fingerprint density at radius 3 is 2.74 bits per heavy atom. The highest BCUT2D eigenvalue weighted by Gasteiger charge is 2.28. The lowest BCUT2D eigenvalue weighted by atomic mass is 10.2. The van der Waals surface area contributed by atoms with Crippen LogP contribution in [0.15, 0.2) is 54.5 Å². The molecule has 0 fully saturated rings. The predicted octanol–water partition coefficient (Wildman–Crippen LogP) is 3.75. The Morgan fingerprint density at radius 2 is 1.96 bits per heavy atom. The summed E-state index contributed by atoms with van der Waals surface area (Å²) in [6.45, 7) is 0. The number of fused-ring (bicyclic) bond motifs is 1. The number of benzene rings is 1. The summed E-state index contributed by atoms with van der Waals surface area (Å²) in [7, 11) is 0. The Kier molecular flexibility index (Phi) is 4.63. The topological polar surface area (TPSA) is 59.4 Å². The van der Waals surface area contributed by atoms with Crippen molar-refractivity contribution in [3.63, 3.8) is 0 Å². The standard InChI is InChI=1S/C15H12ClN5S.BrH/c16-10-1-3-11(4-2-10)21-13(9-22-15(21)17)12-7-19-14-8-18-5-6-20(12)14;/h1-9,15H,17H2;1H. The lowest BCUT2D eigenvalue weighted by Gasteiger charge is -2.26. The van der Waals surface area contributed by atoms with E-state index in [1.54, 1.807) is 24.2 Å². The van der Waals surface area contributed by atoms with Gasteiger partial charge in [0.2, 0.25) is 0 Å². The second-order valence-corrected chi connectivity index (χ2v) is 6.25. The molecule has 0 radical (unpaired) electrons. The van der Waals surface area contributed by atoms with Gasteiger partial charge in [0.05, 0.1) is 23.8 Å². The van der Waals surface area contributed by atoms with Crippen LogP contribution in [-0.2, 0) is 0 Å². The summed E-state index contributed by atoms with van der Waals surface area (Å²) >= 11 is 7.55. The number of hydrogen-bond donors (Lipinski definition) is 1. The number of anilines is 1. The monoisotopic (exact) mass is 409 g/mol. The lowest BCUT2D eigenvalue weighted by molar-refractivity contribution is 0.929. The third-order valence-electron chi connectivity index (χ3n) is 3.52. The van der Waals surface area contributed by atoms with E-state index in [9.17, 15) is 0 Å². The van der Waals surface area contributed by atoms with Gasteiger partial charge in [-0.2, -0.15) is 0 Å². The number of nitrogens with two attached hydrogens (primary N) is 1. The van der Waals surface area contributed by atoms with Crippen molar-refractivity contribution in [2.45, 2.75) is 5.50 Å². The maximum absolute atomic E-state index is 6.25. The highest BCUT2D eigenvalue weighted by molar-refractivity contribution is 8.93. The van der Waals surface area contributed by atoms with Gasteiger partial charge in [0.25, 0.3) is 0 Å². The third kappa shape index (κ3) is 2.85. The SMILES string of the molecule is Br.NC1SC=C(c2cnc3cnccn23)N1c1ccc(Cl)cc1. The summed E-state index contributed by atoms with van der Waals surface area (Å²) in [6.07, 6.45) is 7.21. The Hall–Kier alpha value is -1.54. The molecule has 1 aromatic carbocycles. The fraction of sp³-hybridized carbons (Fsp3) is 0.0667. The molecule has 3 heterocycles. The number of hydrogen-bond acceptors (Lipinski definition) is 5. The lowest BCUT2D eigenvalue weighted by Crippen LogP contribution is -2.34. The first-order valence-corrected chi connectivity index (χ1v) is 7.99. The second-order valence-electron chi connectivity index (χ2n) is 4.82. The number of aromatic nitrogens is 3. The molecule has 0 saturated carbocycles. The van der Waals surface area contributed by atoms with Crippen LogP contribution >= 0.6 is 40.3 Å². The number of nitrogens with zero attached hydrogens (tertiary/aromatic N) is 4. The zero-order valence-electron chi connectivity index (χ0n) is 11.8. The van der Waals surface area contributed by atoms with E-state index in [-0.39, 0.29) is 22.5 Å². The van der Waals surface area contributed by atoms with Gasteiger partial charge in [-0.3, -0.25) is 9.38 Å². The van der Waals surface area contributed by atoms with Gasteiger partial charge in [0, 0.05) is 28.5 Å². The van der Waals surface area contributed by atoms with Gasteiger partial charge in [0.15, 0.2) is 5.65 Å². The van der Waals surface area contributed by atoms with E-state index in [1.807, 2.05) is 41.1 Å². The minimum atomic E-state index is -0.177. The van der Waals surface area contributed by atoms with Crippen molar-refractivity contribution >= 4 is 57.4 Å². The molecule has 5 nitrogen and oxygen atoms in total. The van der Waals surface area contributed by atoms with Crippen LogP contribution in [0.1, 0.15) is 5.69 Å². The quantitative estimate of drug-likeness (QED) is 0.697. The van der Waals surface area contributed by atoms with Gasteiger partial charge in [-0.05, 0) is 24.3 Å². The fourth-order valence-electron chi connectivity index (χ4n) is 2.49. The summed E-state index contributed by atoms with van der Waals surface area (Å²) in [6, 6.07) is 7.66. The van der Waals surface area contributed by atoms with Gasteiger partial charge in [0.1, 0.15) is 5.50 Å². The van der Waals surface area contributed by atoms with Gasteiger partial charge in [-0.15, -0.1) is 17.0 Å². The molecular weight excluding hydrogens is 398 g/mol. The van der Waals surface area contributed by atoms with Crippen molar-refractivity contribution in [1.82, 2.24) is 14.4 Å². The van der Waals surface area contributed by atoms with E-state index >= 15 is 0 Å². The van der Waals surface area contributed by atoms with Crippen LogP contribution in [0.4, 0.5) is 5.69 Å². The van der Waals surface area contributed by atoms with Gasteiger partial charge >= 0.3 is 0 Å².